The standard InChI is InChI=1S/C14H12BrNO3/c1-9-6-12(15)14(16-8-9)19-11-4-2-10(3-5-11)7-13(17)18/h2-6,8H,7H2,1H3,(H,17,18). The lowest BCUT2D eigenvalue weighted by molar-refractivity contribution is -0.136. The van der Waals surface area contributed by atoms with Crippen LogP contribution in [0.3, 0.4) is 0 Å². The van der Waals surface area contributed by atoms with Gasteiger partial charge < -0.3 is 9.84 Å². The molecule has 0 unspecified atom stereocenters. The van der Waals surface area contributed by atoms with E-state index in [0.29, 0.717) is 11.6 Å². The van der Waals surface area contributed by atoms with Crippen LogP contribution in [0.1, 0.15) is 11.1 Å². The summed E-state index contributed by atoms with van der Waals surface area (Å²) in [6, 6.07) is 8.83. The number of rotatable bonds is 4. The highest BCUT2D eigenvalue weighted by molar-refractivity contribution is 9.10. The van der Waals surface area contributed by atoms with Crippen molar-refractivity contribution >= 4 is 21.9 Å². The fourth-order valence-electron chi connectivity index (χ4n) is 1.56. The van der Waals surface area contributed by atoms with Crippen molar-refractivity contribution in [2.24, 2.45) is 0 Å². The highest BCUT2D eigenvalue weighted by atomic mass is 79.9. The quantitative estimate of drug-likeness (QED) is 0.935. The molecular formula is C14H12BrNO3. The summed E-state index contributed by atoms with van der Waals surface area (Å²) in [6.07, 6.45) is 1.73. The molecule has 0 atom stereocenters. The third kappa shape index (κ3) is 3.79. The maximum Gasteiger partial charge on any atom is 0.307 e. The fourth-order valence-corrected chi connectivity index (χ4v) is 2.10. The summed E-state index contributed by atoms with van der Waals surface area (Å²) in [5, 5.41) is 8.69. The molecule has 0 radical (unpaired) electrons. The van der Waals surface area contributed by atoms with Gasteiger partial charge in [-0.3, -0.25) is 4.79 Å². The van der Waals surface area contributed by atoms with Crippen LogP contribution in [0, 0.1) is 6.92 Å². The highest BCUT2D eigenvalue weighted by Crippen LogP contribution is 2.28. The smallest absolute Gasteiger partial charge is 0.307 e. The van der Waals surface area contributed by atoms with Crippen LogP contribution in [0.2, 0.25) is 0 Å². The van der Waals surface area contributed by atoms with Crippen LogP contribution < -0.4 is 4.74 Å². The summed E-state index contributed by atoms with van der Waals surface area (Å²) in [7, 11) is 0. The van der Waals surface area contributed by atoms with E-state index in [2.05, 4.69) is 20.9 Å². The summed E-state index contributed by atoms with van der Waals surface area (Å²) >= 11 is 3.39. The second kappa shape index (κ2) is 5.84. The first-order chi connectivity index (χ1) is 9.04. The molecule has 4 nitrogen and oxygen atoms in total. The third-order valence-corrected chi connectivity index (χ3v) is 3.01. The molecule has 0 fully saturated rings. The van der Waals surface area contributed by atoms with Crippen LogP contribution in [-0.4, -0.2) is 16.1 Å². The molecule has 1 aromatic heterocycles. The molecule has 2 aromatic rings. The van der Waals surface area contributed by atoms with E-state index < -0.39 is 5.97 Å². The topological polar surface area (TPSA) is 59.4 Å². The number of ether oxygens (including phenoxy) is 1. The number of hydrogen-bond acceptors (Lipinski definition) is 3. The maximum absolute atomic E-state index is 10.6. The van der Waals surface area contributed by atoms with E-state index in [-0.39, 0.29) is 6.42 Å². The van der Waals surface area contributed by atoms with Crippen molar-refractivity contribution in [2.75, 3.05) is 0 Å². The Morgan fingerprint density at radius 2 is 2.05 bits per heavy atom. The lowest BCUT2D eigenvalue weighted by atomic mass is 10.1. The van der Waals surface area contributed by atoms with Gasteiger partial charge in [0.25, 0.3) is 0 Å². The molecule has 0 aliphatic heterocycles. The zero-order chi connectivity index (χ0) is 13.8. The Bertz CT molecular complexity index is 596. The van der Waals surface area contributed by atoms with E-state index in [9.17, 15) is 4.79 Å². The minimum Gasteiger partial charge on any atom is -0.481 e. The van der Waals surface area contributed by atoms with E-state index in [4.69, 9.17) is 9.84 Å². The first-order valence-electron chi connectivity index (χ1n) is 5.65. The molecule has 0 amide bonds. The first kappa shape index (κ1) is 13.5. The molecular weight excluding hydrogens is 310 g/mol. The number of aromatic nitrogens is 1. The van der Waals surface area contributed by atoms with Crippen LogP contribution in [0.4, 0.5) is 0 Å². The Balaban J connectivity index is 2.13. The van der Waals surface area contributed by atoms with E-state index >= 15 is 0 Å². The molecule has 0 bridgehead atoms. The monoisotopic (exact) mass is 321 g/mol. The summed E-state index contributed by atoms with van der Waals surface area (Å²) in [5.74, 6) is 0.249. The van der Waals surface area contributed by atoms with Gasteiger partial charge >= 0.3 is 5.97 Å². The van der Waals surface area contributed by atoms with Crippen molar-refractivity contribution in [2.45, 2.75) is 13.3 Å². The predicted molar refractivity (Wildman–Crippen MR) is 74.5 cm³/mol. The van der Waals surface area contributed by atoms with Crippen LogP contribution in [0.15, 0.2) is 41.0 Å². The van der Waals surface area contributed by atoms with Crippen LogP contribution in [0.25, 0.3) is 0 Å². The number of carbonyl (C=O) groups is 1. The van der Waals surface area contributed by atoms with Gasteiger partial charge in [-0.1, -0.05) is 12.1 Å². The van der Waals surface area contributed by atoms with E-state index in [0.717, 1.165) is 15.6 Å². The third-order valence-electron chi connectivity index (χ3n) is 2.44. The molecule has 19 heavy (non-hydrogen) atoms. The second-order valence-corrected chi connectivity index (χ2v) is 4.97. The van der Waals surface area contributed by atoms with E-state index in [1.807, 2.05) is 13.0 Å². The number of benzene rings is 1. The van der Waals surface area contributed by atoms with Gasteiger partial charge in [0.15, 0.2) is 0 Å². The zero-order valence-corrected chi connectivity index (χ0v) is 11.8. The molecule has 98 valence electrons. The summed E-state index contributed by atoms with van der Waals surface area (Å²) in [6.45, 7) is 1.95. The van der Waals surface area contributed by atoms with Gasteiger partial charge in [0.2, 0.25) is 5.88 Å². The SMILES string of the molecule is Cc1cnc(Oc2ccc(CC(=O)O)cc2)c(Br)c1. The minimum atomic E-state index is -0.850. The normalized spacial score (nSPS) is 10.2. The molecule has 1 aromatic carbocycles. The summed E-state index contributed by atoms with van der Waals surface area (Å²) in [4.78, 5) is 14.8. The summed E-state index contributed by atoms with van der Waals surface area (Å²) in [5.41, 5.74) is 1.77. The number of pyridine rings is 1. The number of nitrogens with zero attached hydrogens (tertiary/aromatic N) is 1. The second-order valence-electron chi connectivity index (χ2n) is 4.12. The Hall–Kier alpha value is -1.88. The molecule has 1 N–H and O–H groups in total. The van der Waals surface area contributed by atoms with Crippen LogP contribution in [-0.2, 0) is 11.2 Å². The van der Waals surface area contributed by atoms with Crippen molar-refractivity contribution in [1.29, 1.82) is 0 Å². The summed E-state index contributed by atoms with van der Waals surface area (Å²) < 4.78 is 6.40. The minimum absolute atomic E-state index is 0.00670. The fraction of sp³-hybridized carbons (Fsp3) is 0.143. The van der Waals surface area contributed by atoms with Crippen molar-refractivity contribution < 1.29 is 14.6 Å². The first-order valence-corrected chi connectivity index (χ1v) is 6.44. The number of aryl methyl sites for hydroxylation is 1. The molecule has 5 heteroatoms. The molecule has 2 rings (SSSR count). The van der Waals surface area contributed by atoms with Gasteiger partial charge in [-0.05, 0) is 52.2 Å². The number of carboxylic acids is 1. The Kier molecular flexibility index (Phi) is 4.16. The molecule has 0 saturated heterocycles. The van der Waals surface area contributed by atoms with Gasteiger partial charge in [-0.2, -0.15) is 0 Å². The van der Waals surface area contributed by atoms with Gasteiger partial charge in [-0.15, -0.1) is 0 Å². The number of carboxylic acid groups (broad SMARTS) is 1. The van der Waals surface area contributed by atoms with Gasteiger partial charge in [0, 0.05) is 6.20 Å². The Morgan fingerprint density at radius 3 is 2.63 bits per heavy atom. The maximum atomic E-state index is 10.6. The van der Waals surface area contributed by atoms with Crippen molar-refractivity contribution in [3.63, 3.8) is 0 Å². The average molecular weight is 322 g/mol. The van der Waals surface area contributed by atoms with Crippen molar-refractivity contribution in [3.8, 4) is 11.6 Å². The van der Waals surface area contributed by atoms with Crippen molar-refractivity contribution in [1.82, 2.24) is 4.98 Å². The van der Waals surface area contributed by atoms with Gasteiger partial charge in [0.05, 0.1) is 10.9 Å². The molecule has 1 heterocycles. The number of hydrogen-bond donors (Lipinski definition) is 1. The molecule has 0 saturated carbocycles. The average Bonchev–Trinajstić information content (AvgIpc) is 2.34. The Morgan fingerprint density at radius 1 is 1.37 bits per heavy atom. The molecule has 0 spiro atoms. The molecule has 0 aliphatic rings. The lowest BCUT2D eigenvalue weighted by Gasteiger charge is -2.07. The number of aliphatic carboxylic acids is 1. The van der Waals surface area contributed by atoms with E-state index in [1.165, 1.54) is 0 Å². The highest BCUT2D eigenvalue weighted by Gasteiger charge is 2.05. The predicted octanol–water partition coefficient (Wildman–Crippen LogP) is 3.57. The van der Waals surface area contributed by atoms with Crippen molar-refractivity contribution in [3.05, 3.63) is 52.1 Å². The largest absolute Gasteiger partial charge is 0.481 e. The van der Waals surface area contributed by atoms with Gasteiger partial charge in [0.1, 0.15) is 5.75 Å². The lowest BCUT2D eigenvalue weighted by Crippen LogP contribution is -1.99. The zero-order valence-electron chi connectivity index (χ0n) is 10.3. The Labute approximate surface area is 119 Å². The number of halogens is 1. The van der Waals surface area contributed by atoms with Crippen LogP contribution >= 0.6 is 15.9 Å². The van der Waals surface area contributed by atoms with E-state index in [1.54, 1.807) is 30.5 Å². The van der Waals surface area contributed by atoms with Crippen LogP contribution in [0.5, 0.6) is 11.6 Å². The molecule has 0 aliphatic carbocycles. The van der Waals surface area contributed by atoms with Gasteiger partial charge in [-0.25, -0.2) is 4.98 Å².